The second-order valence-corrected chi connectivity index (χ2v) is 4.70. The van der Waals surface area contributed by atoms with Crippen molar-refractivity contribution >= 4 is 0 Å². The third-order valence-corrected chi connectivity index (χ3v) is 2.24. The minimum Gasteiger partial charge on any atom is -0.381 e. The van der Waals surface area contributed by atoms with Crippen LogP contribution < -0.4 is 5.32 Å². The lowest BCUT2D eigenvalue weighted by Crippen LogP contribution is -2.33. The lowest BCUT2D eigenvalue weighted by molar-refractivity contribution is 0.0601. The largest absolute Gasteiger partial charge is 0.381 e. The van der Waals surface area contributed by atoms with Gasteiger partial charge in [0.25, 0.3) is 0 Å². The smallest absolute Gasteiger partial charge is 0.0529 e. The second kappa shape index (κ2) is 8.25. The van der Waals surface area contributed by atoms with Crippen LogP contribution in [0.3, 0.4) is 0 Å². The molecular formula is C12H27NO. The van der Waals surface area contributed by atoms with Crippen LogP contribution in [0.4, 0.5) is 0 Å². The van der Waals surface area contributed by atoms with E-state index in [1.165, 1.54) is 19.3 Å². The number of ether oxygens (including phenoxy) is 1. The molecule has 0 saturated carbocycles. The summed E-state index contributed by atoms with van der Waals surface area (Å²) < 4.78 is 5.66. The van der Waals surface area contributed by atoms with Gasteiger partial charge in [-0.15, -0.1) is 0 Å². The maximum absolute atomic E-state index is 5.66. The van der Waals surface area contributed by atoms with Crippen LogP contribution in [0.15, 0.2) is 0 Å². The predicted molar refractivity (Wildman–Crippen MR) is 62.7 cm³/mol. The van der Waals surface area contributed by atoms with E-state index in [1.54, 1.807) is 0 Å². The van der Waals surface area contributed by atoms with Gasteiger partial charge in [-0.25, -0.2) is 0 Å². The first-order chi connectivity index (χ1) is 6.62. The summed E-state index contributed by atoms with van der Waals surface area (Å²) in [5.74, 6) is 0. The van der Waals surface area contributed by atoms with Gasteiger partial charge in [0.05, 0.1) is 6.61 Å². The van der Waals surface area contributed by atoms with Crippen LogP contribution in [0.25, 0.3) is 0 Å². The van der Waals surface area contributed by atoms with E-state index in [2.05, 4.69) is 33.0 Å². The summed E-state index contributed by atoms with van der Waals surface area (Å²) in [5.41, 5.74) is 0.266. The predicted octanol–water partition coefficient (Wildman–Crippen LogP) is 2.83. The summed E-state index contributed by atoms with van der Waals surface area (Å²) in [4.78, 5) is 0. The summed E-state index contributed by atoms with van der Waals surface area (Å²) in [7, 11) is 0. The van der Waals surface area contributed by atoms with Crippen molar-refractivity contribution < 1.29 is 4.74 Å². The summed E-state index contributed by atoms with van der Waals surface area (Å²) in [6, 6.07) is 0. The van der Waals surface area contributed by atoms with Gasteiger partial charge in [-0.2, -0.15) is 0 Å². The zero-order chi connectivity index (χ0) is 10.9. The molecule has 0 saturated heterocycles. The Balaban J connectivity index is 3.35. The first-order valence-electron chi connectivity index (χ1n) is 5.91. The van der Waals surface area contributed by atoms with Gasteiger partial charge < -0.3 is 10.1 Å². The molecule has 1 N–H and O–H groups in total. The third kappa shape index (κ3) is 8.52. The zero-order valence-corrected chi connectivity index (χ0v) is 10.4. The molecule has 0 aliphatic carbocycles. The van der Waals surface area contributed by atoms with E-state index in [9.17, 15) is 0 Å². The molecule has 2 nitrogen and oxygen atoms in total. The molecule has 0 rings (SSSR count). The summed E-state index contributed by atoms with van der Waals surface area (Å²) in [5, 5.41) is 3.36. The van der Waals surface area contributed by atoms with Crippen molar-refractivity contribution in [2.24, 2.45) is 5.41 Å². The van der Waals surface area contributed by atoms with Crippen LogP contribution in [0.1, 0.15) is 47.0 Å². The van der Waals surface area contributed by atoms with Crippen molar-refractivity contribution in [3.8, 4) is 0 Å². The fraction of sp³-hybridized carbons (Fsp3) is 1.00. The Morgan fingerprint density at radius 1 is 1.14 bits per heavy atom. The Hall–Kier alpha value is -0.0800. The van der Waals surface area contributed by atoms with Crippen molar-refractivity contribution in [1.82, 2.24) is 5.32 Å². The third-order valence-electron chi connectivity index (χ3n) is 2.24. The molecule has 0 radical (unpaired) electrons. The van der Waals surface area contributed by atoms with Crippen molar-refractivity contribution in [3.63, 3.8) is 0 Å². The summed E-state index contributed by atoms with van der Waals surface area (Å²) >= 11 is 0. The fourth-order valence-corrected chi connectivity index (χ4v) is 1.32. The highest BCUT2D eigenvalue weighted by Gasteiger charge is 2.16. The molecular weight excluding hydrogens is 174 g/mol. The van der Waals surface area contributed by atoms with Gasteiger partial charge in [-0.1, -0.05) is 40.5 Å². The van der Waals surface area contributed by atoms with Crippen molar-refractivity contribution in [1.29, 1.82) is 0 Å². The van der Waals surface area contributed by atoms with Crippen LogP contribution in [-0.2, 0) is 4.74 Å². The van der Waals surface area contributed by atoms with E-state index in [4.69, 9.17) is 4.74 Å². The molecule has 0 aromatic heterocycles. The molecule has 0 amide bonds. The summed E-state index contributed by atoms with van der Waals surface area (Å²) in [6.45, 7) is 12.7. The average molecular weight is 201 g/mol. The highest BCUT2D eigenvalue weighted by molar-refractivity contribution is 4.70. The molecule has 0 bridgehead atoms. The Morgan fingerprint density at radius 3 is 2.43 bits per heavy atom. The van der Waals surface area contributed by atoms with Crippen molar-refractivity contribution in [3.05, 3.63) is 0 Å². The number of hydrogen-bond donors (Lipinski definition) is 1. The van der Waals surface area contributed by atoms with Crippen LogP contribution >= 0.6 is 0 Å². The lowest BCUT2D eigenvalue weighted by Gasteiger charge is -2.24. The average Bonchev–Trinajstić information content (AvgIpc) is 2.15. The van der Waals surface area contributed by atoms with Gasteiger partial charge in [0, 0.05) is 18.6 Å². The highest BCUT2D eigenvalue weighted by Crippen LogP contribution is 2.14. The van der Waals surface area contributed by atoms with E-state index in [0.29, 0.717) is 0 Å². The molecule has 14 heavy (non-hydrogen) atoms. The van der Waals surface area contributed by atoms with E-state index in [-0.39, 0.29) is 5.41 Å². The number of nitrogens with one attached hydrogen (secondary N) is 1. The van der Waals surface area contributed by atoms with E-state index >= 15 is 0 Å². The SMILES string of the molecule is CCCCCOCC(C)(C)CNCC. The van der Waals surface area contributed by atoms with Crippen molar-refractivity contribution in [2.75, 3.05) is 26.3 Å². The maximum atomic E-state index is 5.66. The first kappa shape index (κ1) is 13.9. The quantitative estimate of drug-likeness (QED) is 0.579. The fourth-order valence-electron chi connectivity index (χ4n) is 1.32. The van der Waals surface area contributed by atoms with Gasteiger partial charge in [-0.3, -0.25) is 0 Å². The molecule has 0 unspecified atom stereocenters. The Morgan fingerprint density at radius 2 is 1.86 bits per heavy atom. The second-order valence-electron chi connectivity index (χ2n) is 4.70. The van der Waals surface area contributed by atoms with Gasteiger partial charge >= 0.3 is 0 Å². The monoisotopic (exact) mass is 201 g/mol. The van der Waals surface area contributed by atoms with E-state index in [0.717, 1.165) is 26.3 Å². The minimum atomic E-state index is 0.266. The molecule has 0 spiro atoms. The number of unbranched alkanes of at least 4 members (excludes halogenated alkanes) is 2. The molecule has 0 aliphatic rings. The molecule has 86 valence electrons. The molecule has 0 aromatic carbocycles. The Kier molecular flexibility index (Phi) is 8.20. The minimum absolute atomic E-state index is 0.266. The molecule has 0 fully saturated rings. The number of rotatable bonds is 9. The summed E-state index contributed by atoms with van der Waals surface area (Å²) in [6.07, 6.45) is 3.76. The van der Waals surface area contributed by atoms with Crippen LogP contribution in [0, 0.1) is 5.41 Å². The Bertz CT molecular complexity index is 123. The highest BCUT2D eigenvalue weighted by atomic mass is 16.5. The topological polar surface area (TPSA) is 21.3 Å². The molecule has 0 aromatic rings. The molecule has 2 heteroatoms. The Labute approximate surface area is 89.4 Å². The zero-order valence-electron chi connectivity index (χ0n) is 10.4. The van der Waals surface area contributed by atoms with Crippen molar-refractivity contribution in [2.45, 2.75) is 47.0 Å². The van der Waals surface area contributed by atoms with E-state index in [1.807, 2.05) is 0 Å². The standard InChI is InChI=1S/C12H27NO/c1-5-7-8-9-14-11-12(3,4)10-13-6-2/h13H,5-11H2,1-4H3. The maximum Gasteiger partial charge on any atom is 0.0529 e. The van der Waals surface area contributed by atoms with Gasteiger partial charge in [0.2, 0.25) is 0 Å². The van der Waals surface area contributed by atoms with Gasteiger partial charge in [0.1, 0.15) is 0 Å². The number of hydrogen-bond acceptors (Lipinski definition) is 2. The first-order valence-corrected chi connectivity index (χ1v) is 5.91. The van der Waals surface area contributed by atoms with E-state index < -0.39 is 0 Å². The van der Waals surface area contributed by atoms with Crippen LogP contribution in [0.5, 0.6) is 0 Å². The van der Waals surface area contributed by atoms with Gasteiger partial charge in [0.15, 0.2) is 0 Å². The van der Waals surface area contributed by atoms with Crippen LogP contribution in [-0.4, -0.2) is 26.3 Å². The molecule has 0 aliphatic heterocycles. The molecule has 0 heterocycles. The molecule has 0 atom stereocenters. The van der Waals surface area contributed by atoms with Gasteiger partial charge in [-0.05, 0) is 13.0 Å². The van der Waals surface area contributed by atoms with Crippen LogP contribution in [0.2, 0.25) is 0 Å². The normalized spacial score (nSPS) is 12.0. The lowest BCUT2D eigenvalue weighted by atomic mass is 9.95.